The van der Waals surface area contributed by atoms with Crippen LogP contribution in [0.3, 0.4) is 0 Å². The fourth-order valence-electron chi connectivity index (χ4n) is 8.20. The zero-order chi connectivity index (χ0) is 31.6. The average molecular weight is 619 g/mol. The number of likely N-dealkylation sites (tertiary alicyclic amines) is 3. The first kappa shape index (κ1) is 31.8. The summed E-state index contributed by atoms with van der Waals surface area (Å²) in [6.07, 6.45) is 16.1. The van der Waals surface area contributed by atoms with E-state index in [1.54, 1.807) is 22.0 Å². The van der Waals surface area contributed by atoms with Crippen LogP contribution in [0.25, 0.3) is 0 Å². The molecule has 246 valence electrons. The van der Waals surface area contributed by atoms with E-state index in [-0.39, 0.29) is 31.1 Å². The molecule has 7 rings (SSSR count). The normalized spacial score (nSPS) is 25.7. The summed E-state index contributed by atoms with van der Waals surface area (Å²) >= 11 is 0. The summed E-state index contributed by atoms with van der Waals surface area (Å²) in [6, 6.07) is 9.92. The number of piperidine rings is 1. The Bertz CT molecular complexity index is 1330. The van der Waals surface area contributed by atoms with Gasteiger partial charge in [-0.15, -0.1) is 0 Å². The van der Waals surface area contributed by atoms with Crippen LogP contribution in [0.15, 0.2) is 42.7 Å². The fourth-order valence-corrected chi connectivity index (χ4v) is 8.20. The fraction of sp³-hybridized carbons (Fsp3) is 0.667. The highest BCUT2D eigenvalue weighted by atomic mass is 16.2. The van der Waals surface area contributed by atoms with Gasteiger partial charge in [0.1, 0.15) is 0 Å². The van der Waals surface area contributed by atoms with Crippen LogP contribution < -0.4 is 5.73 Å². The molecule has 2 saturated carbocycles. The predicted molar refractivity (Wildman–Crippen MR) is 176 cm³/mol. The number of aromatic nitrogens is 2. The van der Waals surface area contributed by atoms with Crippen LogP contribution in [-0.2, 0) is 16.1 Å². The number of nitrogens with two attached hydrogens (primary N) is 1. The van der Waals surface area contributed by atoms with Gasteiger partial charge >= 0.3 is 0 Å². The summed E-state index contributed by atoms with van der Waals surface area (Å²) in [5, 5.41) is 4.33. The second kappa shape index (κ2) is 13.3. The third-order valence-corrected chi connectivity index (χ3v) is 11.2. The van der Waals surface area contributed by atoms with Crippen LogP contribution in [0.4, 0.5) is 0 Å². The van der Waals surface area contributed by atoms with Crippen LogP contribution >= 0.6 is 0 Å². The molecule has 9 heteroatoms. The summed E-state index contributed by atoms with van der Waals surface area (Å²) in [7, 11) is 0. The highest BCUT2D eigenvalue weighted by Gasteiger charge is 2.61. The van der Waals surface area contributed by atoms with Crippen molar-refractivity contribution < 1.29 is 15.8 Å². The quantitative estimate of drug-likeness (QED) is 0.486. The number of amides is 3. The Morgan fingerprint density at radius 1 is 0.911 bits per heavy atom. The molecule has 2 N–H and O–H groups in total. The lowest BCUT2D eigenvalue weighted by Gasteiger charge is -2.50. The van der Waals surface area contributed by atoms with E-state index in [1.165, 1.54) is 71.0 Å². The van der Waals surface area contributed by atoms with Crippen molar-refractivity contribution in [3.8, 4) is 0 Å². The third kappa shape index (κ3) is 7.29. The number of carbonyl (C=O) groups is 3. The van der Waals surface area contributed by atoms with Crippen molar-refractivity contribution >= 4 is 17.7 Å². The Morgan fingerprint density at radius 2 is 1.56 bits per heavy atom. The number of benzene rings is 1. The lowest BCUT2D eigenvalue weighted by atomic mass is 9.71. The summed E-state index contributed by atoms with van der Waals surface area (Å²) in [6.45, 7) is 10.7. The number of carbonyl (C=O) groups excluding carboxylic acids is 3. The first-order chi connectivity index (χ1) is 21.6. The van der Waals surface area contributed by atoms with E-state index in [9.17, 15) is 14.4 Å². The van der Waals surface area contributed by atoms with Gasteiger partial charge in [0, 0.05) is 51.7 Å². The van der Waals surface area contributed by atoms with E-state index in [1.807, 2.05) is 35.2 Å². The highest BCUT2D eigenvalue weighted by Crippen LogP contribution is 2.54. The molecule has 0 bridgehead atoms. The highest BCUT2D eigenvalue weighted by molar-refractivity contribution is 5.95. The summed E-state index contributed by atoms with van der Waals surface area (Å²) in [5.41, 5.74) is 6.94. The molecule has 5 aliphatic rings. The van der Waals surface area contributed by atoms with Crippen LogP contribution in [-0.4, -0.2) is 88.0 Å². The van der Waals surface area contributed by atoms with Gasteiger partial charge in [0.2, 0.25) is 11.8 Å². The van der Waals surface area contributed by atoms with Gasteiger partial charge in [-0.05, 0) is 62.1 Å². The minimum Gasteiger partial charge on any atom is -0.369 e. The molecule has 4 heterocycles. The van der Waals surface area contributed by atoms with E-state index in [2.05, 4.69) is 23.8 Å². The molecule has 3 amide bonds. The Kier molecular flexibility index (Phi) is 9.37. The molecular weight excluding hydrogens is 564 g/mol. The molecule has 9 nitrogen and oxygen atoms in total. The van der Waals surface area contributed by atoms with Crippen molar-refractivity contribution in [1.82, 2.24) is 24.5 Å². The standard InChI is InChI=1S/C24H29N5O3.C12H23N.H2/c1-23(2)8-18(23)22(32)28-14-24(15-28)13-27(12-19(24)20(25)30)21(31)17-9-26-29(11-17)10-16-6-4-3-5-7-16;1-3-7-12(8-4-1)11-13-9-5-2-6-10-13;/h3-7,9,11,18-19H,8,10,12-15H2,1-2H3,(H2,25,30);12H,1-11H2;1H/t18-,19+;;/m1../s1. The Hall–Kier alpha value is -3.20. The smallest absolute Gasteiger partial charge is 0.257 e. The average Bonchev–Trinajstić information content (AvgIpc) is 3.34. The molecule has 45 heavy (non-hydrogen) atoms. The molecule has 2 aromatic rings. The predicted octanol–water partition coefficient (Wildman–Crippen LogP) is 4.66. The maximum absolute atomic E-state index is 13.2. The second-order valence-corrected chi connectivity index (χ2v) is 15.2. The molecule has 5 fully saturated rings. The summed E-state index contributed by atoms with van der Waals surface area (Å²) in [4.78, 5) is 44.3. The Labute approximate surface area is 270 Å². The van der Waals surface area contributed by atoms with Crippen LogP contribution in [0.2, 0.25) is 0 Å². The van der Waals surface area contributed by atoms with Gasteiger partial charge in [0.05, 0.1) is 24.2 Å². The van der Waals surface area contributed by atoms with E-state index in [0.717, 1.165) is 17.9 Å². The Balaban J connectivity index is 0.000000250. The van der Waals surface area contributed by atoms with Gasteiger partial charge in [-0.1, -0.05) is 69.9 Å². The van der Waals surface area contributed by atoms with Gasteiger partial charge in [0.15, 0.2) is 0 Å². The molecule has 0 radical (unpaired) electrons. The molecule has 0 unspecified atom stereocenters. The lowest BCUT2D eigenvalue weighted by Crippen LogP contribution is -2.64. The molecule has 1 spiro atoms. The number of hydrogen-bond donors (Lipinski definition) is 1. The first-order valence-electron chi connectivity index (χ1n) is 17.3. The monoisotopic (exact) mass is 618 g/mol. The van der Waals surface area contributed by atoms with Crippen molar-refractivity contribution in [2.75, 3.05) is 45.8 Å². The molecular formula is C36H54N6O3. The minimum absolute atomic E-state index is 0. The SMILES string of the molecule is C1CCC(CN2CCCCC2)CC1.CC1(C)C[C@@H]1C(=O)N1CC2(CN(C(=O)c3cnn(Cc4ccccc4)c3)C[C@H]2C(N)=O)C1.[HH]. The van der Waals surface area contributed by atoms with Crippen molar-refractivity contribution in [1.29, 1.82) is 0 Å². The first-order valence-corrected chi connectivity index (χ1v) is 17.3. The topological polar surface area (TPSA) is 105 Å². The number of primary amides is 1. The second-order valence-electron chi connectivity index (χ2n) is 15.2. The molecule has 1 aromatic carbocycles. The van der Waals surface area contributed by atoms with Gasteiger partial charge < -0.3 is 20.4 Å². The van der Waals surface area contributed by atoms with E-state index >= 15 is 0 Å². The largest absolute Gasteiger partial charge is 0.369 e. The molecule has 3 saturated heterocycles. The van der Waals surface area contributed by atoms with Gasteiger partial charge in [-0.3, -0.25) is 19.1 Å². The molecule has 3 aliphatic heterocycles. The number of rotatable bonds is 7. The summed E-state index contributed by atoms with van der Waals surface area (Å²) in [5.74, 6) is 0.283. The van der Waals surface area contributed by atoms with E-state index in [0.29, 0.717) is 31.7 Å². The zero-order valence-corrected chi connectivity index (χ0v) is 27.3. The van der Waals surface area contributed by atoms with Crippen molar-refractivity contribution in [2.45, 2.75) is 78.2 Å². The molecule has 1 aromatic heterocycles. The number of nitrogens with zero attached hydrogens (tertiary/aromatic N) is 5. The van der Waals surface area contributed by atoms with Crippen molar-refractivity contribution in [2.24, 2.45) is 34.3 Å². The van der Waals surface area contributed by atoms with Crippen LogP contribution in [0, 0.1) is 28.6 Å². The van der Waals surface area contributed by atoms with Crippen LogP contribution in [0.5, 0.6) is 0 Å². The molecule has 2 aliphatic carbocycles. The summed E-state index contributed by atoms with van der Waals surface area (Å²) < 4.78 is 1.74. The van der Waals surface area contributed by atoms with E-state index in [4.69, 9.17) is 5.73 Å². The molecule has 2 atom stereocenters. The maximum Gasteiger partial charge on any atom is 0.257 e. The minimum atomic E-state index is -0.443. The van der Waals surface area contributed by atoms with Crippen molar-refractivity contribution in [3.05, 3.63) is 53.9 Å². The third-order valence-electron chi connectivity index (χ3n) is 11.2. The lowest BCUT2D eigenvalue weighted by molar-refractivity contribution is -0.150. The number of hydrogen-bond acceptors (Lipinski definition) is 5. The maximum atomic E-state index is 13.2. The van der Waals surface area contributed by atoms with Gasteiger partial charge in [0.25, 0.3) is 5.91 Å². The van der Waals surface area contributed by atoms with Crippen LogP contribution in [0.1, 0.15) is 89.0 Å². The van der Waals surface area contributed by atoms with Gasteiger partial charge in [-0.2, -0.15) is 5.10 Å². The van der Waals surface area contributed by atoms with Crippen molar-refractivity contribution in [3.63, 3.8) is 0 Å². The zero-order valence-electron chi connectivity index (χ0n) is 27.3. The van der Waals surface area contributed by atoms with E-state index < -0.39 is 17.2 Å². The van der Waals surface area contributed by atoms with Gasteiger partial charge in [-0.25, -0.2) is 0 Å². The Morgan fingerprint density at radius 3 is 2.20 bits per heavy atom.